The maximum Gasteiger partial charge on any atom is 0.223 e. The van der Waals surface area contributed by atoms with Gasteiger partial charge in [-0.25, -0.2) is 0 Å². The molecular weight excluding hydrogens is 236 g/mol. The minimum atomic E-state index is 0.246. The fraction of sp³-hybridized carbons (Fsp3) is 0.562. The predicted molar refractivity (Wildman–Crippen MR) is 78.8 cm³/mol. The van der Waals surface area contributed by atoms with Gasteiger partial charge in [0.1, 0.15) is 0 Å². The van der Waals surface area contributed by atoms with Crippen LogP contribution in [0.1, 0.15) is 45.1 Å². The quantitative estimate of drug-likeness (QED) is 0.849. The van der Waals surface area contributed by atoms with Crippen LogP contribution in [0.25, 0.3) is 0 Å². The molecule has 1 aromatic rings. The topological polar surface area (TPSA) is 46.3 Å². The van der Waals surface area contributed by atoms with Gasteiger partial charge in [0, 0.05) is 24.7 Å². The molecule has 2 rings (SSSR count). The van der Waals surface area contributed by atoms with Crippen LogP contribution >= 0.6 is 0 Å². The molecule has 3 unspecified atom stereocenters. The van der Waals surface area contributed by atoms with Crippen LogP contribution in [0.2, 0.25) is 0 Å². The summed E-state index contributed by atoms with van der Waals surface area (Å²) in [7, 11) is 0. The van der Waals surface area contributed by atoms with Crippen LogP contribution < -0.4 is 5.73 Å². The van der Waals surface area contributed by atoms with E-state index in [0.29, 0.717) is 18.4 Å². The molecule has 1 aromatic carbocycles. The number of rotatable bonds is 3. The molecule has 0 aliphatic carbocycles. The summed E-state index contributed by atoms with van der Waals surface area (Å²) in [6, 6.07) is 8.22. The van der Waals surface area contributed by atoms with Crippen LogP contribution in [-0.4, -0.2) is 23.4 Å². The minimum absolute atomic E-state index is 0.246. The van der Waals surface area contributed by atoms with Crippen LogP contribution in [0.3, 0.4) is 0 Å². The Morgan fingerprint density at radius 3 is 2.53 bits per heavy atom. The van der Waals surface area contributed by atoms with Crippen molar-refractivity contribution >= 4 is 11.6 Å². The first kappa shape index (κ1) is 13.9. The zero-order valence-corrected chi connectivity index (χ0v) is 12.1. The largest absolute Gasteiger partial charge is 0.399 e. The van der Waals surface area contributed by atoms with E-state index in [4.69, 9.17) is 5.73 Å². The Hall–Kier alpha value is -1.51. The van der Waals surface area contributed by atoms with Gasteiger partial charge in [0.2, 0.25) is 5.91 Å². The van der Waals surface area contributed by atoms with Crippen molar-refractivity contribution in [3.63, 3.8) is 0 Å². The van der Waals surface area contributed by atoms with Gasteiger partial charge in [0.05, 0.1) is 0 Å². The summed E-state index contributed by atoms with van der Waals surface area (Å²) in [5.74, 6) is 1.16. The monoisotopic (exact) mass is 260 g/mol. The molecule has 0 bridgehead atoms. The molecule has 1 amide bonds. The van der Waals surface area contributed by atoms with Crippen LogP contribution in [-0.2, 0) is 4.79 Å². The second-order valence-electron chi connectivity index (χ2n) is 6.01. The van der Waals surface area contributed by atoms with Gasteiger partial charge in [-0.2, -0.15) is 0 Å². The number of nitrogens with zero attached hydrogens (tertiary/aromatic N) is 1. The number of likely N-dealkylation sites (tertiary alicyclic amines) is 1. The normalized spacial score (nSPS) is 24.5. The molecule has 0 radical (unpaired) electrons. The first-order valence-electron chi connectivity index (χ1n) is 7.12. The number of carbonyl (C=O) groups excluding carboxylic acids is 1. The van der Waals surface area contributed by atoms with Crippen molar-refractivity contribution < 1.29 is 4.79 Å². The zero-order chi connectivity index (χ0) is 14.0. The van der Waals surface area contributed by atoms with Crippen LogP contribution in [0.5, 0.6) is 0 Å². The molecule has 1 heterocycles. The van der Waals surface area contributed by atoms with E-state index >= 15 is 0 Å². The number of carbonyl (C=O) groups is 1. The van der Waals surface area contributed by atoms with E-state index in [9.17, 15) is 4.79 Å². The number of anilines is 1. The summed E-state index contributed by atoms with van der Waals surface area (Å²) < 4.78 is 0. The molecule has 1 fully saturated rings. The highest BCUT2D eigenvalue weighted by Gasteiger charge is 2.30. The van der Waals surface area contributed by atoms with E-state index in [2.05, 4.69) is 20.8 Å². The lowest BCUT2D eigenvalue weighted by Crippen LogP contribution is -2.34. The molecule has 2 N–H and O–H groups in total. The van der Waals surface area contributed by atoms with Crippen molar-refractivity contribution in [2.75, 3.05) is 12.3 Å². The van der Waals surface area contributed by atoms with E-state index in [1.54, 1.807) is 0 Å². The Morgan fingerprint density at radius 2 is 2.00 bits per heavy atom. The molecule has 0 aromatic heterocycles. The predicted octanol–water partition coefficient (Wildman–Crippen LogP) is 3.02. The summed E-state index contributed by atoms with van der Waals surface area (Å²) in [5, 5.41) is 0. The Balaban J connectivity index is 1.97. The lowest BCUT2D eigenvalue weighted by molar-refractivity contribution is -0.132. The SMILES string of the molecule is CC1CC(C)N(C(=O)CC(C)c2ccc(N)cc2)C1. The van der Waals surface area contributed by atoms with Gasteiger partial charge in [-0.15, -0.1) is 0 Å². The lowest BCUT2D eigenvalue weighted by atomic mass is 9.97. The summed E-state index contributed by atoms with van der Waals surface area (Å²) in [4.78, 5) is 14.4. The molecule has 0 spiro atoms. The Morgan fingerprint density at radius 1 is 1.37 bits per heavy atom. The highest BCUT2D eigenvalue weighted by Crippen LogP contribution is 2.26. The van der Waals surface area contributed by atoms with Crippen LogP contribution in [0.15, 0.2) is 24.3 Å². The van der Waals surface area contributed by atoms with E-state index in [1.165, 1.54) is 5.56 Å². The molecule has 3 heteroatoms. The van der Waals surface area contributed by atoms with Gasteiger partial charge in [-0.3, -0.25) is 4.79 Å². The number of nitrogens with two attached hydrogens (primary N) is 1. The van der Waals surface area contributed by atoms with Gasteiger partial charge in [-0.1, -0.05) is 26.0 Å². The maximum absolute atomic E-state index is 12.4. The number of amides is 1. The molecule has 1 saturated heterocycles. The number of nitrogen functional groups attached to an aromatic ring is 1. The average Bonchev–Trinajstić information content (AvgIpc) is 2.69. The lowest BCUT2D eigenvalue weighted by Gasteiger charge is -2.23. The molecule has 3 atom stereocenters. The maximum atomic E-state index is 12.4. The number of benzene rings is 1. The third kappa shape index (κ3) is 3.28. The smallest absolute Gasteiger partial charge is 0.223 e. The summed E-state index contributed by atoms with van der Waals surface area (Å²) >= 11 is 0. The van der Waals surface area contributed by atoms with Crippen molar-refractivity contribution in [3.8, 4) is 0 Å². The van der Waals surface area contributed by atoms with E-state index in [0.717, 1.165) is 18.7 Å². The Kier molecular flexibility index (Phi) is 4.13. The fourth-order valence-corrected chi connectivity index (χ4v) is 2.97. The Bertz CT molecular complexity index is 441. The zero-order valence-electron chi connectivity index (χ0n) is 12.1. The first-order valence-corrected chi connectivity index (χ1v) is 7.12. The molecule has 19 heavy (non-hydrogen) atoms. The number of hydrogen-bond acceptors (Lipinski definition) is 2. The molecule has 1 aliphatic rings. The third-order valence-electron chi connectivity index (χ3n) is 4.09. The van der Waals surface area contributed by atoms with E-state index in [-0.39, 0.29) is 11.8 Å². The highest BCUT2D eigenvalue weighted by atomic mass is 16.2. The minimum Gasteiger partial charge on any atom is -0.399 e. The molecule has 104 valence electrons. The average molecular weight is 260 g/mol. The van der Waals surface area contributed by atoms with Crippen molar-refractivity contribution in [2.45, 2.75) is 45.6 Å². The van der Waals surface area contributed by atoms with Crippen LogP contribution in [0.4, 0.5) is 5.69 Å². The molecular formula is C16H24N2O. The summed E-state index contributed by atoms with van der Waals surface area (Å²) in [6.07, 6.45) is 1.71. The third-order valence-corrected chi connectivity index (χ3v) is 4.09. The standard InChI is InChI=1S/C16H24N2O/c1-11-8-13(3)18(10-11)16(19)9-12(2)14-4-6-15(17)7-5-14/h4-7,11-13H,8-10,17H2,1-3H3. The summed E-state index contributed by atoms with van der Waals surface area (Å²) in [6.45, 7) is 7.38. The molecule has 0 saturated carbocycles. The van der Waals surface area contributed by atoms with E-state index in [1.807, 2.05) is 29.2 Å². The fourth-order valence-electron chi connectivity index (χ4n) is 2.97. The van der Waals surface area contributed by atoms with Crippen molar-refractivity contribution in [3.05, 3.63) is 29.8 Å². The highest BCUT2D eigenvalue weighted by molar-refractivity contribution is 5.77. The molecule has 1 aliphatic heterocycles. The second-order valence-corrected chi connectivity index (χ2v) is 6.01. The Labute approximate surface area is 115 Å². The number of hydrogen-bond donors (Lipinski definition) is 1. The van der Waals surface area contributed by atoms with Crippen molar-refractivity contribution in [1.82, 2.24) is 4.90 Å². The van der Waals surface area contributed by atoms with Gasteiger partial charge in [0.25, 0.3) is 0 Å². The first-order chi connectivity index (χ1) is 8.97. The van der Waals surface area contributed by atoms with Gasteiger partial charge in [0.15, 0.2) is 0 Å². The van der Waals surface area contributed by atoms with Crippen LogP contribution in [0, 0.1) is 5.92 Å². The molecule has 3 nitrogen and oxygen atoms in total. The summed E-state index contributed by atoms with van der Waals surface area (Å²) in [5.41, 5.74) is 7.64. The van der Waals surface area contributed by atoms with E-state index < -0.39 is 0 Å². The van der Waals surface area contributed by atoms with Gasteiger partial charge in [-0.05, 0) is 42.9 Å². The second kappa shape index (κ2) is 5.64. The van der Waals surface area contributed by atoms with Crippen molar-refractivity contribution in [2.24, 2.45) is 5.92 Å². The van der Waals surface area contributed by atoms with Crippen molar-refractivity contribution in [1.29, 1.82) is 0 Å². The van der Waals surface area contributed by atoms with Gasteiger partial charge < -0.3 is 10.6 Å². The van der Waals surface area contributed by atoms with Gasteiger partial charge >= 0.3 is 0 Å².